The second kappa shape index (κ2) is 10.1. The van der Waals surface area contributed by atoms with Crippen molar-refractivity contribution in [3.63, 3.8) is 0 Å². The van der Waals surface area contributed by atoms with Gasteiger partial charge in [0.05, 0.1) is 24.8 Å². The fourth-order valence-electron chi connectivity index (χ4n) is 3.93. The fraction of sp³-hybridized carbons (Fsp3) is 0.107. The number of hydrogen-bond donors (Lipinski definition) is 1. The number of benzene rings is 3. The van der Waals surface area contributed by atoms with Crippen molar-refractivity contribution in [2.24, 2.45) is 0 Å². The molecule has 0 aliphatic carbocycles. The van der Waals surface area contributed by atoms with Crippen LogP contribution in [0.2, 0.25) is 0 Å². The molecule has 0 saturated heterocycles. The maximum absolute atomic E-state index is 13.1. The normalized spacial score (nSPS) is 10.8. The Bertz CT molecular complexity index is 1410. The zero-order valence-corrected chi connectivity index (χ0v) is 19.3. The van der Waals surface area contributed by atoms with Gasteiger partial charge in [-0.05, 0) is 53.6 Å². The SMILES string of the molecule is COc1ccc(-c2cc(C(=O)NCc3cccc(Cn4ccnc4)c3)nn2-c2ccccc2)cc1. The van der Waals surface area contributed by atoms with Crippen molar-refractivity contribution in [2.75, 3.05) is 7.11 Å². The van der Waals surface area contributed by atoms with Crippen LogP contribution in [-0.2, 0) is 13.1 Å². The van der Waals surface area contributed by atoms with Gasteiger partial charge in [-0.1, -0.05) is 42.5 Å². The molecule has 1 amide bonds. The fourth-order valence-corrected chi connectivity index (χ4v) is 3.93. The van der Waals surface area contributed by atoms with E-state index >= 15 is 0 Å². The third-order valence-corrected chi connectivity index (χ3v) is 5.70. The van der Waals surface area contributed by atoms with Gasteiger partial charge in [0.15, 0.2) is 5.69 Å². The Balaban J connectivity index is 1.36. The van der Waals surface area contributed by atoms with E-state index in [-0.39, 0.29) is 5.91 Å². The quantitative estimate of drug-likeness (QED) is 0.361. The summed E-state index contributed by atoms with van der Waals surface area (Å²) in [5, 5.41) is 7.65. The van der Waals surface area contributed by atoms with Crippen LogP contribution < -0.4 is 10.1 Å². The second-order valence-corrected chi connectivity index (χ2v) is 8.13. The molecule has 0 unspecified atom stereocenters. The molecule has 5 aromatic rings. The second-order valence-electron chi connectivity index (χ2n) is 8.13. The Kier molecular flexibility index (Phi) is 6.39. The molecular weight excluding hydrogens is 438 g/mol. The molecule has 0 aliphatic rings. The van der Waals surface area contributed by atoms with E-state index < -0.39 is 0 Å². The van der Waals surface area contributed by atoms with Crippen molar-refractivity contribution in [1.82, 2.24) is 24.6 Å². The molecule has 0 radical (unpaired) electrons. The van der Waals surface area contributed by atoms with Gasteiger partial charge in [-0.15, -0.1) is 0 Å². The number of imidazole rings is 1. The van der Waals surface area contributed by atoms with Crippen molar-refractivity contribution < 1.29 is 9.53 Å². The van der Waals surface area contributed by atoms with Gasteiger partial charge in [0, 0.05) is 31.0 Å². The first-order chi connectivity index (χ1) is 17.2. The van der Waals surface area contributed by atoms with Crippen LogP contribution in [0.15, 0.2) is 104 Å². The third kappa shape index (κ3) is 5.14. The number of nitrogens with one attached hydrogen (secondary N) is 1. The molecule has 7 heteroatoms. The van der Waals surface area contributed by atoms with E-state index in [4.69, 9.17) is 4.74 Å². The number of rotatable bonds is 8. The molecule has 7 nitrogen and oxygen atoms in total. The molecule has 2 heterocycles. The number of methoxy groups -OCH3 is 1. The lowest BCUT2D eigenvalue weighted by molar-refractivity contribution is 0.0945. The topological polar surface area (TPSA) is 74.0 Å². The number of para-hydroxylation sites is 1. The van der Waals surface area contributed by atoms with Crippen molar-refractivity contribution in [3.05, 3.63) is 120 Å². The zero-order chi connectivity index (χ0) is 24.0. The lowest BCUT2D eigenvalue weighted by Gasteiger charge is -2.08. The summed E-state index contributed by atoms with van der Waals surface area (Å²) < 4.78 is 9.09. The summed E-state index contributed by atoms with van der Waals surface area (Å²) in [5.41, 5.74) is 5.16. The Morgan fingerprint density at radius 2 is 1.74 bits per heavy atom. The number of amides is 1. The monoisotopic (exact) mass is 463 g/mol. The summed E-state index contributed by atoms with van der Waals surface area (Å²) >= 11 is 0. The number of ether oxygens (including phenoxy) is 1. The first-order valence-corrected chi connectivity index (χ1v) is 11.3. The van der Waals surface area contributed by atoms with Crippen LogP contribution in [-0.4, -0.2) is 32.3 Å². The van der Waals surface area contributed by atoms with Crippen molar-refractivity contribution in [1.29, 1.82) is 0 Å². The van der Waals surface area contributed by atoms with E-state index in [0.717, 1.165) is 40.4 Å². The summed E-state index contributed by atoms with van der Waals surface area (Å²) in [5.74, 6) is 0.544. The van der Waals surface area contributed by atoms with Gasteiger partial charge in [-0.25, -0.2) is 9.67 Å². The number of aromatic nitrogens is 4. The Morgan fingerprint density at radius 3 is 2.49 bits per heavy atom. The van der Waals surface area contributed by atoms with E-state index in [1.807, 2.05) is 83.6 Å². The molecule has 2 aromatic heterocycles. The van der Waals surface area contributed by atoms with E-state index in [1.165, 1.54) is 0 Å². The van der Waals surface area contributed by atoms with Crippen LogP contribution in [0.1, 0.15) is 21.6 Å². The van der Waals surface area contributed by atoms with Gasteiger partial charge >= 0.3 is 0 Å². The van der Waals surface area contributed by atoms with E-state index in [1.54, 1.807) is 24.3 Å². The molecule has 0 bridgehead atoms. The summed E-state index contributed by atoms with van der Waals surface area (Å²) in [6, 6.07) is 27.5. The van der Waals surface area contributed by atoms with Crippen LogP contribution >= 0.6 is 0 Å². The molecule has 3 aromatic carbocycles. The van der Waals surface area contributed by atoms with Gasteiger partial charge in [-0.3, -0.25) is 4.79 Å². The highest BCUT2D eigenvalue weighted by molar-refractivity contribution is 5.93. The maximum Gasteiger partial charge on any atom is 0.272 e. The Labute approximate surface area is 203 Å². The highest BCUT2D eigenvalue weighted by atomic mass is 16.5. The predicted octanol–water partition coefficient (Wildman–Crippen LogP) is 4.72. The first kappa shape index (κ1) is 22.2. The van der Waals surface area contributed by atoms with Crippen LogP contribution in [0.5, 0.6) is 5.75 Å². The minimum atomic E-state index is -0.227. The average Bonchev–Trinajstić information content (AvgIpc) is 3.59. The van der Waals surface area contributed by atoms with Crippen molar-refractivity contribution in [3.8, 4) is 22.7 Å². The number of hydrogen-bond acceptors (Lipinski definition) is 4. The average molecular weight is 464 g/mol. The molecular formula is C28H25N5O2. The van der Waals surface area contributed by atoms with Gasteiger partial charge in [0.1, 0.15) is 5.75 Å². The van der Waals surface area contributed by atoms with Gasteiger partial charge in [-0.2, -0.15) is 5.10 Å². The Morgan fingerprint density at radius 1 is 0.943 bits per heavy atom. The van der Waals surface area contributed by atoms with Crippen molar-refractivity contribution >= 4 is 5.91 Å². The van der Waals surface area contributed by atoms with E-state index in [9.17, 15) is 4.79 Å². The molecule has 0 fully saturated rings. The first-order valence-electron chi connectivity index (χ1n) is 11.3. The number of carbonyl (C=O) groups excluding carboxylic acids is 1. The summed E-state index contributed by atoms with van der Waals surface area (Å²) in [7, 11) is 1.64. The predicted molar refractivity (Wildman–Crippen MR) is 134 cm³/mol. The van der Waals surface area contributed by atoms with Gasteiger partial charge in [0.25, 0.3) is 5.91 Å². The summed E-state index contributed by atoms with van der Waals surface area (Å²) in [6.07, 6.45) is 5.48. The molecule has 1 N–H and O–H groups in total. The van der Waals surface area contributed by atoms with Crippen LogP contribution in [0.4, 0.5) is 0 Å². The molecule has 0 atom stereocenters. The lowest BCUT2D eigenvalue weighted by atomic mass is 10.1. The van der Waals surface area contributed by atoms with E-state index in [0.29, 0.717) is 12.2 Å². The van der Waals surface area contributed by atoms with Crippen molar-refractivity contribution in [2.45, 2.75) is 13.1 Å². The smallest absolute Gasteiger partial charge is 0.272 e. The molecule has 35 heavy (non-hydrogen) atoms. The highest BCUT2D eigenvalue weighted by Gasteiger charge is 2.17. The van der Waals surface area contributed by atoms with Gasteiger partial charge in [0.2, 0.25) is 0 Å². The van der Waals surface area contributed by atoms with E-state index in [2.05, 4.69) is 27.5 Å². The largest absolute Gasteiger partial charge is 0.497 e. The van der Waals surface area contributed by atoms with Gasteiger partial charge < -0.3 is 14.6 Å². The molecule has 0 aliphatic heterocycles. The number of carbonyl (C=O) groups is 1. The number of nitrogens with zero attached hydrogens (tertiary/aromatic N) is 4. The lowest BCUT2D eigenvalue weighted by Crippen LogP contribution is -2.23. The minimum Gasteiger partial charge on any atom is -0.497 e. The maximum atomic E-state index is 13.1. The zero-order valence-electron chi connectivity index (χ0n) is 19.3. The van der Waals surface area contributed by atoms with Crippen LogP contribution in [0, 0.1) is 0 Å². The molecule has 5 rings (SSSR count). The molecule has 0 saturated carbocycles. The van der Waals surface area contributed by atoms with Crippen LogP contribution in [0.25, 0.3) is 16.9 Å². The standard InChI is InChI=1S/C28H25N5O2/c1-35-25-12-10-23(11-13-25)27-17-26(31-33(27)24-8-3-2-4-9-24)28(34)30-18-21-6-5-7-22(16-21)19-32-15-14-29-20-32/h2-17,20H,18-19H2,1H3,(H,30,34). The third-order valence-electron chi connectivity index (χ3n) is 5.70. The molecule has 0 spiro atoms. The van der Waals surface area contributed by atoms with Crippen LogP contribution in [0.3, 0.4) is 0 Å². The Hall–Kier alpha value is -4.65. The highest BCUT2D eigenvalue weighted by Crippen LogP contribution is 2.26. The summed E-state index contributed by atoms with van der Waals surface area (Å²) in [6.45, 7) is 1.14. The summed E-state index contributed by atoms with van der Waals surface area (Å²) in [4.78, 5) is 17.2. The minimum absolute atomic E-state index is 0.227. The molecule has 174 valence electrons.